The molecule has 0 unspecified atom stereocenters. The fourth-order valence-electron chi connectivity index (χ4n) is 1.35. The Morgan fingerprint density at radius 2 is 2.06 bits per heavy atom. The van der Waals surface area contributed by atoms with Crippen molar-refractivity contribution in [2.24, 2.45) is 0 Å². The largest absolute Gasteiger partial charge is 0.389 e. The van der Waals surface area contributed by atoms with Gasteiger partial charge < -0.3 is 5.11 Å². The van der Waals surface area contributed by atoms with Crippen molar-refractivity contribution in [3.05, 3.63) is 39.7 Å². The molecule has 1 aromatic heterocycles. The van der Waals surface area contributed by atoms with Gasteiger partial charge in [0, 0.05) is 10.9 Å². The molecular formula is C11H9F2NOS. The van der Waals surface area contributed by atoms with Crippen LogP contribution in [0.25, 0.3) is 11.3 Å². The molecule has 0 aliphatic rings. The Hall–Kier alpha value is -1.33. The Morgan fingerprint density at radius 1 is 1.31 bits per heavy atom. The van der Waals surface area contributed by atoms with Crippen molar-refractivity contribution in [2.45, 2.75) is 13.5 Å². The van der Waals surface area contributed by atoms with Crippen LogP contribution in [0, 0.1) is 18.6 Å². The van der Waals surface area contributed by atoms with E-state index in [1.54, 1.807) is 5.38 Å². The van der Waals surface area contributed by atoms with Crippen molar-refractivity contribution in [2.75, 3.05) is 0 Å². The molecule has 0 aliphatic heterocycles. The first-order valence-corrected chi connectivity index (χ1v) is 5.51. The van der Waals surface area contributed by atoms with Crippen LogP contribution >= 0.6 is 11.3 Å². The lowest BCUT2D eigenvalue weighted by Gasteiger charge is -2.02. The molecular weight excluding hydrogens is 232 g/mol. The molecule has 0 aliphatic carbocycles. The summed E-state index contributed by atoms with van der Waals surface area (Å²) in [7, 11) is 0. The van der Waals surface area contributed by atoms with E-state index in [-0.39, 0.29) is 17.7 Å². The van der Waals surface area contributed by atoms with Crippen LogP contribution in [0.1, 0.15) is 10.6 Å². The molecule has 0 radical (unpaired) electrons. The van der Waals surface area contributed by atoms with Gasteiger partial charge in [-0.25, -0.2) is 13.8 Å². The third-order valence-corrected chi connectivity index (χ3v) is 3.04. The van der Waals surface area contributed by atoms with E-state index in [2.05, 4.69) is 4.98 Å². The van der Waals surface area contributed by atoms with Gasteiger partial charge >= 0.3 is 0 Å². The first-order valence-electron chi connectivity index (χ1n) is 4.63. The van der Waals surface area contributed by atoms with Crippen molar-refractivity contribution < 1.29 is 13.9 Å². The highest BCUT2D eigenvalue weighted by atomic mass is 32.1. The van der Waals surface area contributed by atoms with Gasteiger partial charge in [0.15, 0.2) is 0 Å². The summed E-state index contributed by atoms with van der Waals surface area (Å²) in [5.74, 6) is -0.969. The summed E-state index contributed by atoms with van der Waals surface area (Å²) in [5, 5.41) is 10.9. The minimum Gasteiger partial charge on any atom is -0.389 e. The summed E-state index contributed by atoms with van der Waals surface area (Å²) in [5.41, 5.74) is 0.739. The number of nitrogens with zero attached hydrogens (tertiary/aromatic N) is 1. The molecule has 16 heavy (non-hydrogen) atoms. The maximum atomic E-state index is 13.6. The number of aromatic nitrogens is 1. The Bertz CT molecular complexity index is 525. The molecule has 84 valence electrons. The maximum absolute atomic E-state index is 13.6. The second-order valence-corrected chi connectivity index (χ2v) is 4.31. The Labute approximate surface area is 95.2 Å². The van der Waals surface area contributed by atoms with E-state index in [0.29, 0.717) is 10.7 Å². The number of rotatable bonds is 2. The molecule has 1 N–H and O–H groups in total. The number of aliphatic hydroxyl groups is 1. The fraction of sp³-hybridized carbons (Fsp3) is 0.182. The first kappa shape index (κ1) is 11.2. The number of aliphatic hydroxyl groups excluding tert-OH is 1. The van der Waals surface area contributed by atoms with Crippen LogP contribution in [0.4, 0.5) is 8.78 Å². The first-order chi connectivity index (χ1) is 7.61. The lowest BCUT2D eigenvalue weighted by molar-refractivity contribution is 0.281. The SMILES string of the molecule is Cc1cc(F)c(-c2csc(CO)n2)cc1F. The van der Waals surface area contributed by atoms with Gasteiger partial charge in [0.1, 0.15) is 16.6 Å². The minimum atomic E-state index is -0.506. The van der Waals surface area contributed by atoms with Crippen molar-refractivity contribution in [3.8, 4) is 11.3 Å². The highest BCUT2D eigenvalue weighted by Gasteiger charge is 2.12. The smallest absolute Gasteiger partial charge is 0.133 e. The van der Waals surface area contributed by atoms with Crippen LogP contribution in [0.2, 0.25) is 0 Å². The van der Waals surface area contributed by atoms with E-state index < -0.39 is 11.6 Å². The normalized spacial score (nSPS) is 10.8. The van der Waals surface area contributed by atoms with Crippen LogP contribution in [0.15, 0.2) is 17.5 Å². The molecule has 0 bridgehead atoms. The van der Waals surface area contributed by atoms with E-state index in [1.165, 1.54) is 18.3 Å². The Morgan fingerprint density at radius 3 is 2.69 bits per heavy atom. The van der Waals surface area contributed by atoms with Gasteiger partial charge in [-0.15, -0.1) is 11.3 Å². The number of benzene rings is 1. The van der Waals surface area contributed by atoms with Gasteiger partial charge in [-0.05, 0) is 24.6 Å². The van der Waals surface area contributed by atoms with Crippen molar-refractivity contribution >= 4 is 11.3 Å². The average Bonchev–Trinajstić information content (AvgIpc) is 2.71. The zero-order valence-corrected chi connectivity index (χ0v) is 9.31. The van der Waals surface area contributed by atoms with Crippen LogP contribution < -0.4 is 0 Å². The summed E-state index contributed by atoms with van der Waals surface area (Å²) in [6.45, 7) is 1.31. The molecule has 2 aromatic rings. The van der Waals surface area contributed by atoms with Crippen molar-refractivity contribution in [1.29, 1.82) is 0 Å². The summed E-state index contributed by atoms with van der Waals surface area (Å²) >= 11 is 1.21. The third-order valence-electron chi connectivity index (χ3n) is 2.21. The molecule has 0 fully saturated rings. The molecule has 0 spiro atoms. The van der Waals surface area contributed by atoms with Crippen LogP contribution in [0.5, 0.6) is 0 Å². The van der Waals surface area contributed by atoms with E-state index >= 15 is 0 Å². The van der Waals surface area contributed by atoms with Gasteiger partial charge in [-0.1, -0.05) is 0 Å². The summed E-state index contributed by atoms with van der Waals surface area (Å²) in [6.07, 6.45) is 0. The van der Waals surface area contributed by atoms with Gasteiger partial charge in [0.25, 0.3) is 0 Å². The summed E-state index contributed by atoms with van der Waals surface area (Å²) in [4.78, 5) is 3.99. The van der Waals surface area contributed by atoms with E-state index in [4.69, 9.17) is 5.11 Å². The number of hydrogen-bond donors (Lipinski definition) is 1. The minimum absolute atomic E-state index is 0.124. The highest BCUT2D eigenvalue weighted by Crippen LogP contribution is 2.26. The topological polar surface area (TPSA) is 33.1 Å². The van der Waals surface area contributed by atoms with Gasteiger partial charge in [-0.3, -0.25) is 0 Å². The number of halogens is 2. The zero-order valence-electron chi connectivity index (χ0n) is 8.50. The van der Waals surface area contributed by atoms with E-state index in [0.717, 1.165) is 12.1 Å². The van der Waals surface area contributed by atoms with E-state index in [1.807, 2.05) is 0 Å². The third kappa shape index (κ3) is 1.96. The quantitative estimate of drug-likeness (QED) is 0.877. The van der Waals surface area contributed by atoms with Gasteiger partial charge in [0.2, 0.25) is 0 Å². The van der Waals surface area contributed by atoms with E-state index in [9.17, 15) is 8.78 Å². The predicted octanol–water partition coefficient (Wildman–Crippen LogP) is 2.89. The lowest BCUT2D eigenvalue weighted by Crippen LogP contribution is -1.91. The molecule has 1 heterocycles. The molecule has 5 heteroatoms. The summed E-state index contributed by atoms with van der Waals surface area (Å²) < 4.78 is 26.9. The van der Waals surface area contributed by atoms with Crippen LogP contribution in [0.3, 0.4) is 0 Å². The predicted molar refractivity (Wildman–Crippen MR) is 58.1 cm³/mol. The zero-order chi connectivity index (χ0) is 11.7. The van der Waals surface area contributed by atoms with Crippen LogP contribution in [-0.4, -0.2) is 10.1 Å². The maximum Gasteiger partial charge on any atom is 0.133 e. The average molecular weight is 241 g/mol. The van der Waals surface area contributed by atoms with Crippen molar-refractivity contribution in [1.82, 2.24) is 4.98 Å². The van der Waals surface area contributed by atoms with Gasteiger partial charge in [-0.2, -0.15) is 0 Å². The standard InChI is InChI=1S/C11H9F2NOS/c1-6-2-9(13)7(3-8(6)12)10-5-16-11(4-15)14-10/h2-3,5,15H,4H2,1H3. The Kier molecular flexibility index (Phi) is 2.98. The number of thiazole rings is 1. The second kappa shape index (κ2) is 4.27. The Balaban J connectivity index is 2.51. The number of aryl methyl sites for hydroxylation is 1. The van der Waals surface area contributed by atoms with Crippen molar-refractivity contribution in [3.63, 3.8) is 0 Å². The molecule has 0 atom stereocenters. The molecule has 1 aromatic carbocycles. The molecule has 0 saturated carbocycles. The second-order valence-electron chi connectivity index (χ2n) is 3.37. The fourth-order valence-corrected chi connectivity index (χ4v) is 2.00. The monoisotopic (exact) mass is 241 g/mol. The molecule has 0 amide bonds. The van der Waals surface area contributed by atoms with Gasteiger partial charge in [0.05, 0.1) is 12.3 Å². The summed E-state index contributed by atoms with van der Waals surface area (Å²) in [6, 6.07) is 2.27. The molecule has 2 nitrogen and oxygen atoms in total. The highest BCUT2D eigenvalue weighted by molar-refractivity contribution is 7.09. The molecule has 0 saturated heterocycles. The number of hydrogen-bond acceptors (Lipinski definition) is 3. The molecule has 2 rings (SSSR count). The van der Waals surface area contributed by atoms with Crippen LogP contribution in [-0.2, 0) is 6.61 Å². The lowest BCUT2D eigenvalue weighted by atomic mass is 10.1.